The van der Waals surface area contributed by atoms with Crippen molar-refractivity contribution in [1.82, 2.24) is 14.5 Å². The molecule has 0 saturated carbocycles. The minimum atomic E-state index is -1.68. The number of imidazole rings is 1. The van der Waals surface area contributed by atoms with Crippen molar-refractivity contribution in [3.8, 4) is 5.75 Å². The van der Waals surface area contributed by atoms with Crippen molar-refractivity contribution >= 4 is 17.1 Å². The number of carboxylic acid groups (broad SMARTS) is 1. The second kappa shape index (κ2) is 11.9. The Morgan fingerprint density at radius 2 is 1.67 bits per heavy atom. The molecule has 4 aromatic rings. The Labute approximate surface area is 227 Å². The molecule has 39 heavy (non-hydrogen) atoms. The van der Waals surface area contributed by atoms with Gasteiger partial charge in [0.2, 0.25) is 6.10 Å². The summed E-state index contributed by atoms with van der Waals surface area (Å²) < 4.78 is 36.7. The van der Waals surface area contributed by atoms with E-state index < -0.39 is 23.7 Å². The fraction of sp³-hybridized carbons (Fsp3) is 0.387. The van der Waals surface area contributed by atoms with Crippen LogP contribution in [0.25, 0.3) is 11.2 Å². The third kappa shape index (κ3) is 5.95. The molecule has 0 fully saturated rings. The van der Waals surface area contributed by atoms with Gasteiger partial charge in [0, 0.05) is 17.7 Å². The Morgan fingerprint density at radius 1 is 1.00 bits per heavy atom. The van der Waals surface area contributed by atoms with Crippen molar-refractivity contribution in [2.75, 3.05) is 0 Å². The molecule has 4 rings (SSSR count). The number of rotatable bonds is 11. The van der Waals surface area contributed by atoms with Crippen molar-refractivity contribution in [1.29, 1.82) is 0 Å². The summed E-state index contributed by atoms with van der Waals surface area (Å²) in [6.45, 7) is 10.7. The minimum Gasteiger partial charge on any atom is -0.478 e. The summed E-state index contributed by atoms with van der Waals surface area (Å²) in [5.41, 5.74) is 6.09. The molecular weight excluding hydrogens is 500 g/mol. The minimum absolute atomic E-state index is 0.342. The van der Waals surface area contributed by atoms with Crippen LogP contribution in [0.15, 0.2) is 36.4 Å². The zero-order chi connectivity index (χ0) is 28.3. The first-order valence-electron chi connectivity index (χ1n) is 13.5. The van der Waals surface area contributed by atoms with Gasteiger partial charge in [-0.25, -0.2) is 23.5 Å². The lowest BCUT2D eigenvalue weighted by atomic mass is 9.97. The number of pyridine rings is 1. The summed E-state index contributed by atoms with van der Waals surface area (Å²) in [5, 5.41) is 9.94. The summed E-state index contributed by atoms with van der Waals surface area (Å²) >= 11 is 0. The van der Waals surface area contributed by atoms with Gasteiger partial charge >= 0.3 is 5.97 Å². The summed E-state index contributed by atoms with van der Waals surface area (Å²) in [6, 6.07) is 8.84. The predicted molar refractivity (Wildman–Crippen MR) is 147 cm³/mol. The molecule has 2 aromatic carbocycles. The van der Waals surface area contributed by atoms with E-state index in [1.54, 1.807) is 0 Å². The molecular formula is C31H35F2N3O3. The first-order chi connectivity index (χ1) is 18.7. The Kier molecular flexibility index (Phi) is 8.63. The zero-order valence-electron chi connectivity index (χ0n) is 23.1. The van der Waals surface area contributed by atoms with Gasteiger partial charge in [-0.05, 0) is 73.2 Å². The lowest BCUT2D eigenvalue weighted by Gasteiger charge is -2.23. The molecule has 1 atom stereocenters. The van der Waals surface area contributed by atoms with Crippen molar-refractivity contribution in [3.05, 3.63) is 87.4 Å². The van der Waals surface area contributed by atoms with E-state index in [1.807, 2.05) is 45.9 Å². The van der Waals surface area contributed by atoms with Gasteiger partial charge in [-0.3, -0.25) is 0 Å². The second-order valence-corrected chi connectivity index (χ2v) is 9.97. The molecule has 2 aromatic heterocycles. The van der Waals surface area contributed by atoms with Crippen molar-refractivity contribution in [3.63, 3.8) is 0 Å². The van der Waals surface area contributed by atoms with Crippen LogP contribution in [0.2, 0.25) is 0 Å². The number of carbonyl (C=O) groups is 1. The van der Waals surface area contributed by atoms with E-state index in [4.69, 9.17) is 14.7 Å². The van der Waals surface area contributed by atoms with E-state index in [9.17, 15) is 18.7 Å². The number of aryl methyl sites for hydroxylation is 5. The summed E-state index contributed by atoms with van der Waals surface area (Å²) in [5.74, 6) is -1.57. The number of benzene rings is 2. The number of aliphatic carboxylic acids is 1. The SMILES string of the molecule is CCCc1cc(Cn2c(CC)nc3c(C)cc(C)nc32)cc(CCC)c1OC(C(=O)O)c1cc(F)ccc1F. The van der Waals surface area contributed by atoms with Crippen molar-refractivity contribution in [2.45, 2.75) is 79.4 Å². The van der Waals surface area contributed by atoms with Crippen LogP contribution in [-0.4, -0.2) is 25.6 Å². The standard InChI is InChI=1S/C31H35F2N3O3/c1-6-9-21-14-20(17-36-26(8-3)35-27-18(4)13-19(5)34-30(27)36)15-22(10-7-2)28(21)39-29(31(37)38)24-16-23(32)11-12-25(24)33/h11-16,29H,6-10,17H2,1-5H3,(H,37,38). The summed E-state index contributed by atoms with van der Waals surface area (Å²) in [7, 11) is 0. The highest BCUT2D eigenvalue weighted by atomic mass is 19.1. The maximum atomic E-state index is 14.6. The quantitative estimate of drug-likeness (QED) is 0.223. The Morgan fingerprint density at radius 3 is 2.26 bits per heavy atom. The van der Waals surface area contributed by atoms with Crippen LogP contribution in [0.5, 0.6) is 5.75 Å². The van der Waals surface area contributed by atoms with Gasteiger partial charge in [0.05, 0.1) is 6.54 Å². The number of hydrogen-bond donors (Lipinski definition) is 1. The van der Waals surface area contributed by atoms with Crippen LogP contribution < -0.4 is 4.74 Å². The number of nitrogens with zero attached hydrogens (tertiary/aromatic N) is 3. The van der Waals surface area contributed by atoms with Crippen LogP contribution >= 0.6 is 0 Å². The molecule has 0 radical (unpaired) electrons. The average Bonchev–Trinajstić information content (AvgIpc) is 3.23. The third-order valence-electron chi connectivity index (χ3n) is 6.80. The molecule has 0 spiro atoms. The van der Waals surface area contributed by atoms with E-state index >= 15 is 0 Å². The van der Waals surface area contributed by atoms with Gasteiger partial charge in [0.15, 0.2) is 5.65 Å². The Hall–Kier alpha value is -3.81. The van der Waals surface area contributed by atoms with Gasteiger partial charge in [0.1, 0.15) is 28.7 Å². The molecule has 2 heterocycles. The van der Waals surface area contributed by atoms with Crippen LogP contribution in [-0.2, 0) is 30.6 Å². The second-order valence-electron chi connectivity index (χ2n) is 9.97. The van der Waals surface area contributed by atoms with Gasteiger partial charge in [0.25, 0.3) is 0 Å². The van der Waals surface area contributed by atoms with Crippen LogP contribution in [0.4, 0.5) is 8.78 Å². The molecule has 0 amide bonds. The topological polar surface area (TPSA) is 77.2 Å². The van der Waals surface area contributed by atoms with E-state index in [0.717, 1.165) is 82.4 Å². The van der Waals surface area contributed by atoms with E-state index in [2.05, 4.69) is 11.5 Å². The maximum Gasteiger partial charge on any atom is 0.349 e. The van der Waals surface area contributed by atoms with E-state index in [-0.39, 0.29) is 5.56 Å². The van der Waals surface area contributed by atoms with Crippen LogP contribution in [0, 0.1) is 25.5 Å². The zero-order valence-corrected chi connectivity index (χ0v) is 23.1. The molecule has 8 heteroatoms. The fourth-order valence-corrected chi connectivity index (χ4v) is 5.13. The number of fused-ring (bicyclic) bond motifs is 1. The number of aromatic nitrogens is 3. The smallest absolute Gasteiger partial charge is 0.349 e. The molecule has 6 nitrogen and oxygen atoms in total. The molecule has 0 aliphatic rings. The first kappa shape index (κ1) is 28.2. The number of ether oxygens (including phenoxy) is 1. The van der Waals surface area contributed by atoms with Crippen molar-refractivity contribution in [2.24, 2.45) is 0 Å². The first-order valence-corrected chi connectivity index (χ1v) is 13.5. The number of carboxylic acids is 1. The lowest BCUT2D eigenvalue weighted by Crippen LogP contribution is -2.21. The molecule has 0 saturated heterocycles. The molecule has 0 aliphatic carbocycles. The predicted octanol–water partition coefficient (Wildman–Crippen LogP) is 7.05. The van der Waals surface area contributed by atoms with E-state index in [0.29, 0.717) is 25.1 Å². The van der Waals surface area contributed by atoms with Crippen molar-refractivity contribution < 1.29 is 23.4 Å². The van der Waals surface area contributed by atoms with Crippen LogP contribution in [0.3, 0.4) is 0 Å². The monoisotopic (exact) mass is 535 g/mol. The highest BCUT2D eigenvalue weighted by Crippen LogP contribution is 2.34. The largest absolute Gasteiger partial charge is 0.478 e. The molecule has 206 valence electrons. The maximum absolute atomic E-state index is 14.6. The molecule has 1 N–H and O–H groups in total. The molecule has 0 aliphatic heterocycles. The number of hydrogen-bond acceptors (Lipinski definition) is 4. The lowest BCUT2D eigenvalue weighted by molar-refractivity contribution is -0.145. The highest BCUT2D eigenvalue weighted by molar-refractivity contribution is 5.76. The molecule has 0 bridgehead atoms. The van der Waals surface area contributed by atoms with Gasteiger partial charge in [-0.15, -0.1) is 0 Å². The molecule has 1 unspecified atom stereocenters. The Bertz CT molecular complexity index is 1490. The van der Waals surface area contributed by atoms with Gasteiger partial charge in [-0.1, -0.05) is 45.7 Å². The van der Waals surface area contributed by atoms with Gasteiger partial charge in [-0.2, -0.15) is 0 Å². The van der Waals surface area contributed by atoms with Gasteiger partial charge < -0.3 is 14.4 Å². The summed E-state index contributed by atoms with van der Waals surface area (Å²) in [4.78, 5) is 21.8. The average molecular weight is 536 g/mol. The Balaban J connectivity index is 1.82. The fourth-order valence-electron chi connectivity index (χ4n) is 5.13. The van der Waals surface area contributed by atoms with E-state index in [1.165, 1.54) is 0 Å². The van der Waals surface area contributed by atoms with Crippen LogP contribution in [0.1, 0.15) is 79.1 Å². The summed E-state index contributed by atoms with van der Waals surface area (Å²) in [6.07, 6.45) is 1.94. The number of halogens is 2. The normalized spacial score (nSPS) is 12.2. The highest BCUT2D eigenvalue weighted by Gasteiger charge is 2.28. The third-order valence-corrected chi connectivity index (χ3v) is 6.80.